The number of ether oxygens (including phenoxy) is 6. The van der Waals surface area contributed by atoms with Crippen LogP contribution in [-0.2, 0) is 55.0 Å². The van der Waals surface area contributed by atoms with E-state index in [4.69, 9.17) is 34.2 Å². The summed E-state index contributed by atoms with van der Waals surface area (Å²) in [6, 6.07) is 46.2. The Labute approximate surface area is 695 Å². The van der Waals surface area contributed by atoms with Gasteiger partial charge in [-0.15, -0.1) is 0 Å². The Morgan fingerprint density at radius 1 is 0.441 bits per heavy atom. The largest absolute Gasteiger partial charge is 1.00 e. The zero-order valence-corrected chi connectivity index (χ0v) is 67.9. The zero-order chi connectivity index (χ0) is 81.1. The number of nitrogens with one attached hydrogen (secondary N) is 4. The van der Waals surface area contributed by atoms with Gasteiger partial charge in [-0.1, -0.05) is 36.4 Å². The number of H-pyrrole nitrogens is 3. The maximum absolute atomic E-state index is 13.6. The molecule has 118 heavy (non-hydrogen) atoms. The molecule has 11 heterocycles. The number of nitrogens with two attached hydrogens (primary N) is 1. The number of carbonyl (C=O) groups excluding carboxylic acids is 5. The van der Waals surface area contributed by atoms with Crippen molar-refractivity contribution >= 4 is 68.7 Å². The number of carbonyl (C=O) groups is 6. The zero-order valence-electron chi connectivity index (χ0n) is 67.9. The number of imidazole rings is 3. The fraction of sp³-hybridized carbons (Fsp3) is 0.345. The molecular formula is C87H99LiN16O14. The molecule has 12 aromatic rings. The smallest absolute Gasteiger partial charge is 0.870 e. The summed E-state index contributed by atoms with van der Waals surface area (Å²) in [7, 11) is 6.36. The second-order valence-electron chi connectivity index (χ2n) is 29.3. The van der Waals surface area contributed by atoms with Crippen LogP contribution < -0.4 is 44.1 Å². The molecule has 6 aromatic carbocycles. The minimum atomic E-state index is -1.06. The van der Waals surface area contributed by atoms with Crippen molar-refractivity contribution in [2.24, 2.45) is 26.9 Å². The van der Waals surface area contributed by atoms with E-state index in [1.54, 1.807) is 75.3 Å². The standard InChI is InChI=1S/C31H36N6O4.C25H24N4O4.C24H22N4O4.C7H16N2O.Li.H2O/c1-21-33-25-6-4-23(19-26(25)34-21)22-5-9-29-24(18-22)20-37(14-17-41-29)31(39)28-8-7-27(35(28)2)30(38)32-10-3-11-36-12-15-40-16-13-36;1-15-26-19-6-4-17(13-20(19)27-15)16-5-9-23-18(12-16)14-29(10-11-33-23)24(30)21-7-8-22(28(21)2)25(31)32-3;1-14-25-18-5-3-16(12-19(18)26-14)15-4-8-22-17(11-15)13-28(9-10-32-22)23(29)20-6-7-21(24(30)31)27(20)2;8-2-1-3-9-4-6-10-7-5-9;;/h4-9,18-19H,3,10-17,20H2,1-2H3,(H,32,38)(H,33,34);4-9,12-13H,10-11,14H2,1-3H3,(H,26,27);3-8,11-12H,9-10,13H2,1-2H3,(H,25,26)(H,30,31);1-8H2;;1H2/q;;;;+1;/p-1. The molecule has 0 saturated carbocycles. The third-order valence-electron chi connectivity index (χ3n) is 21.5. The van der Waals surface area contributed by atoms with Crippen molar-refractivity contribution < 1.29 is 86.6 Å². The minimum absolute atomic E-state index is 0. The first-order valence-corrected chi connectivity index (χ1v) is 39.2. The average Bonchev–Trinajstić information content (AvgIpc) is 1.57. The van der Waals surface area contributed by atoms with Crippen LogP contribution >= 0.6 is 0 Å². The van der Waals surface area contributed by atoms with Gasteiger partial charge < -0.3 is 93.4 Å². The van der Waals surface area contributed by atoms with Crippen LogP contribution in [0.1, 0.15) is 110 Å². The third-order valence-corrected chi connectivity index (χ3v) is 21.5. The van der Waals surface area contributed by atoms with Crippen molar-refractivity contribution in [1.29, 1.82) is 0 Å². The molecule has 2 saturated heterocycles. The summed E-state index contributed by atoms with van der Waals surface area (Å²) in [5, 5.41) is 12.3. The third kappa shape index (κ3) is 19.9. The van der Waals surface area contributed by atoms with Gasteiger partial charge in [0.1, 0.15) is 88.7 Å². The summed E-state index contributed by atoms with van der Waals surface area (Å²) in [6.45, 7) is 20.3. The van der Waals surface area contributed by atoms with Crippen molar-refractivity contribution in [2.45, 2.75) is 53.2 Å². The number of aromatic carboxylic acids is 1. The molecule has 4 amide bonds. The fourth-order valence-corrected chi connectivity index (χ4v) is 15.2. The number of morpholine rings is 2. The molecule has 0 unspecified atom stereocenters. The Bertz CT molecular complexity index is 5590. The Morgan fingerprint density at radius 3 is 1.14 bits per heavy atom. The van der Waals surface area contributed by atoms with Crippen molar-refractivity contribution in [2.75, 3.05) is 125 Å². The SMILES string of the molecule is COC(=O)c1ccc(C(=O)N2CCOc3ccc(-c4ccc5nc(C)[nH]c5c4)cc3C2)n1C.Cc1nc2ccc(-c3ccc4c(c3)CN(C(=O)c3ccc(C(=O)NCCCN5CCOCC5)n3C)CCO4)cc2[nH]1.Cc1nc2ccc(-c3ccc4c(c3)CN(C(=O)c3ccc(C(=O)O)n3C)CCO4)cc2[nH]1.NCCCN1CCOCC1.[Li+].[OH-]. The van der Waals surface area contributed by atoms with Gasteiger partial charge in [-0.3, -0.25) is 29.0 Å². The molecule has 0 aliphatic carbocycles. The molecule has 8 N–H and O–H groups in total. The predicted octanol–water partition coefficient (Wildman–Crippen LogP) is 7.17. The van der Waals surface area contributed by atoms with Crippen molar-refractivity contribution in [3.63, 3.8) is 0 Å². The topological polar surface area (TPSA) is 363 Å². The second kappa shape index (κ2) is 38.9. The number of aromatic amines is 3. The van der Waals surface area contributed by atoms with Gasteiger partial charge in [0.25, 0.3) is 23.6 Å². The number of carboxylic acids is 1. The van der Waals surface area contributed by atoms with Gasteiger partial charge in [0.2, 0.25) is 0 Å². The van der Waals surface area contributed by atoms with Crippen LogP contribution in [0.3, 0.4) is 0 Å². The Kier molecular flexibility index (Phi) is 28.2. The maximum atomic E-state index is 13.6. The first kappa shape index (κ1) is 85.5. The van der Waals surface area contributed by atoms with Gasteiger partial charge in [-0.25, -0.2) is 24.5 Å². The molecule has 0 atom stereocenters. The number of benzene rings is 6. The Hall–Kier alpha value is -11.9. The van der Waals surface area contributed by atoms with Crippen LogP contribution in [0, 0.1) is 20.8 Å². The predicted molar refractivity (Wildman–Crippen MR) is 441 cm³/mol. The number of amides is 4. The summed E-state index contributed by atoms with van der Waals surface area (Å²) in [5.41, 5.74) is 22.3. The Balaban J connectivity index is 0.000000153. The quantitative estimate of drug-likeness (QED) is 0.0317. The number of hydrogen-bond acceptors (Lipinski definition) is 19. The molecule has 30 nitrogen and oxygen atoms in total. The molecule has 17 rings (SSSR count). The van der Waals surface area contributed by atoms with E-state index in [2.05, 4.69) is 81.4 Å². The minimum Gasteiger partial charge on any atom is -0.870 e. The first-order valence-electron chi connectivity index (χ1n) is 39.2. The van der Waals surface area contributed by atoms with Crippen molar-refractivity contribution in [3.8, 4) is 50.6 Å². The van der Waals surface area contributed by atoms with Crippen molar-refractivity contribution in [3.05, 3.63) is 214 Å². The number of hydrogen-bond donors (Lipinski definition) is 6. The van der Waals surface area contributed by atoms with E-state index in [0.717, 1.165) is 203 Å². The van der Waals surface area contributed by atoms with Gasteiger partial charge in [0, 0.05) is 90.2 Å². The fourth-order valence-electron chi connectivity index (χ4n) is 15.2. The monoisotopic (exact) mass is 1600 g/mol. The number of methoxy groups -OCH3 is 1. The van der Waals surface area contributed by atoms with Crippen LogP contribution in [0.5, 0.6) is 17.2 Å². The number of esters is 1. The van der Waals surface area contributed by atoms with E-state index >= 15 is 0 Å². The molecule has 612 valence electrons. The summed E-state index contributed by atoms with van der Waals surface area (Å²) in [6.07, 6.45) is 1.98. The molecule has 0 spiro atoms. The van der Waals surface area contributed by atoms with Gasteiger partial charge in [0.05, 0.1) is 86.3 Å². The molecule has 0 bridgehead atoms. The summed E-state index contributed by atoms with van der Waals surface area (Å²) >= 11 is 0. The van der Waals surface area contributed by atoms with Gasteiger partial charge in [-0.05, 0) is 196 Å². The van der Waals surface area contributed by atoms with E-state index in [1.165, 1.54) is 17.7 Å². The van der Waals surface area contributed by atoms with Gasteiger partial charge in [-0.2, -0.15) is 0 Å². The Morgan fingerprint density at radius 2 is 0.771 bits per heavy atom. The van der Waals surface area contributed by atoms with Crippen LogP contribution in [0.4, 0.5) is 0 Å². The molecule has 5 aliphatic heterocycles. The average molecular weight is 1600 g/mol. The number of fused-ring (bicyclic) bond motifs is 6. The second-order valence-corrected chi connectivity index (χ2v) is 29.3. The van der Waals surface area contributed by atoms with Crippen LogP contribution in [-0.4, -0.2) is 240 Å². The molecule has 5 aliphatic rings. The van der Waals surface area contributed by atoms with Gasteiger partial charge >= 0.3 is 30.8 Å². The van der Waals surface area contributed by atoms with E-state index in [-0.39, 0.29) is 53.7 Å². The summed E-state index contributed by atoms with van der Waals surface area (Å²) < 4.78 is 37.9. The van der Waals surface area contributed by atoms with E-state index < -0.39 is 11.9 Å². The number of rotatable bonds is 16. The summed E-state index contributed by atoms with van der Waals surface area (Å²) in [4.78, 5) is 109. The van der Waals surface area contributed by atoms with E-state index in [9.17, 15) is 33.9 Å². The molecular weight excluding hydrogens is 1500 g/mol. The van der Waals surface area contributed by atoms with Crippen LogP contribution in [0.15, 0.2) is 146 Å². The number of aromatic nitrogens is 9. The number of nitrogens with zero attached hydrogens (tertiary/aromatic N) is 11. The molecule has 31 heteroatoms. The van der Waals surface area contributed by atoms with Crippen LogP contribution in [0.2, 0.25) is 0 Å². The normalized spacial score (nSPS) is 14.7. The maximum Gasteiger partial charge on any atom is 1.00 e. The number of carboxylic acid groups (broad SMARTS) is 1. The molecule has 0 radical (unpaired) electrons. The summed E-state index contributed by atoms with van der Waals surface area (Å²) in [5.74, 6) is 2.70. The first-order chi connectivity index (χ1) is 56.2. The number of aryl methyl sites for hydroxylation is 3. The van der Waals surface area contributed by atoms with E-state index in [1.807, 2.05) is 93.6 Å². The van der Waals surface area contributed by atoms with E-state index in [0.29, 0.717) is 94.1 Å². The van der Waals surface area contributed by atoms with Crippen molar-refractivity contribution in [1.82, 2.24) is 73.4 Å². The molecule has 2 fully saturated rings. The van der Waals surface area contributed by atoms with Crippen LogP contribution in [0.25, 0.3) is 66.5 Å². The molecule has 6 aromatic heterocycles. The van der Waals surface area contributed by atoms with Gasteiger partial charge in [0.15, 0.2) is 0 Å².